The van der Waals surface area contributed by atoms with Gasteiger partial charge in [-0.15, -0.1) is 0 Å². The van der Waals surface area contributed by atoms with Crippen molar-refractivity contribution in [2.24, 2.45) is 0 Å². The average Bonchev–Trinajstić information content (AvgIpc) is 2.64. The van der Waals surface area contributed by atoms with Gasteiger partial charge in [0, 0.05) is 30.4 Å². The van der Waals surface area contributed by atoms with Crippen LogP contribution in [-0.2, 0) is 4.74 Å². The van der Waals surface area contributed by atoms with Crippen molar-refractivity contribution < 1.29 is 13.9 Å². The second kappa shape index (κ2) is 6.45. The van der Waals surface area contributed by atoms with E-state index in [1.165, 1.54) is 12.1 Å². The van der Waals surface area contributed by atoms with E-state index in [-0.39, 0.29) is 11.7 Å². The molecule has 4 heteroatoms. The van der Waals surface area contributed by atoms with Crippen LogP contribution in [0.25, 0.3) is 22.0 Å². The predicted octanol–water partition coefficient (Wildman–Crippen LogP) is 4.48. The fourth-order valence-electron chi connectivity index (χ4n) is 3.71. The fourth-order valence-corrected chi connectivity index (χ4v) is 3.71. The number of benzene rings is 2. The summed E-state index contributed by atoms with van der Waals surface area (Å²) in [6, 6.07) is 12.5. The predicted molar refractivity (Wildman–Crippen MR) is 95.8 cm³/mol. The number of pyridine rings is 1. The number of hydrogen-bond donors (Lipinski definition) is 0. The largest absolute Gasteiger partial charge is 0.618 e. The number of halogens is 1. The molecular weight excluding hydrogens is 317 g/mol. The molecule has 1 aromatic heterocycles. The third-order valence-electron chi connectivity index (χ3n) is 5.00. The van der Waals surface area contributed by atoms with Gasteiger partial charge in [-0.3, -0.25) is 0 Å². The van der Waals surface area contributed by atoms with E-state index >= 15 is 0 Å². The molecule has 0 amide bonds. The van der Waals surface area contributed by atoms with Crippen molar-refractivity contribution in [2.45, 2.75) is 25.7 Å². The number of aromatic nitrogens is 1. The van der Waals surface area contributed by atoms with Crippen LogP contribution in [0.4, 0.5) is 4.39 Å². The SMILES string of the molecule is Cc1ccc2c(-c3ccc(F)cc3)c(C3CCOCC3)c[n+]([O-])c2c1. The van der Waals surface area contributed by atoms with E-state index in [0.29, 0.717) is 18.7 Å². The molecule has 1 aliphatic heterocycles. The Balaban J connectivity index is 2.00. The number of ether oxygens (including phenoxy) is 1. The Hall–Kier alpha value is -2.46. The van der Waals surface area contributed by atoms with Crippen LogP contribution < -0.4 is 4.73 Å². The maximum Gasteiger partial charge on any atom is 0.224 e. The monoisotopic (exact) mass is 337 g/mol. The Kier molecular flexibility index (Phi) is 4.14. The summed E-state index contributed by atoms with van der Waals surface area (Å²) in [6.07, 6.45) is 3.49. The van der Waals surface area contributed by atoms with Crippen LogP contribution in [0.15, 0.2) is 48.7 Å². The number of rotatable bonds is 2. The van der Waals surface area contributed by atoms with Crippen LogP contribution in [0.2, 0.25) is 0 Å². The van der Waals surface area contributed by atoms with Crippen LogP contribution in [0.3, 0.4) is 0 Å². The zero-order valence-electron chi connectivity index (χ0n) is 14.2. The molecule has 2 heterocycles. The molecule has 2 aromatic carbocycles. The van der Waals surface area contributed by atoms with E-state index in [1.54, 1.807) is 18.3 Å². The molecule has 128 valence electrons. The summed E-state index contributed by atoms with van der Waals surface area (Å²) in [6.45, 7) is 3.39. The standard InChI is InChI=1S/C21H20FNO2/c1-14-2-7-18-20(12-14)23(24)13-19(15-8-10-25-11-9-15)21(18)16-3-5-17(22)6-4-16/h2-7,12-13,15H,8-11H2,1H3. The van der Waals surface area contributed by atoms with Crippen molar-refractivity contribution in [3.05, 3.63) is 70.8 Å². The molecule has 1 aliphatic rings. The number of nitrogens with zero attached hydrogens (tertiary/aromatic N) is 1. The van der Waals surface area contributed by atoms with Crippen molar-refractivity contribution in [3.8, 4) is 11.1 Å². The van der Waals surface area contributed by atoms with Gasteiger partial charge < -0.3 is 9.94 Å². The van der Waals surface area contributed by atoms with Crippen molar-refractivity contribution in [3.63, 3.8) is 0 Å². The Bertz CT molecular complexity index is 915. The molecule has 0 unspecified atom stereocenters. The summed E-state index contributed by atoms with van der Waals surface area (Å²) in [4.78, 5) is 0. The zero-order chi connectivity index (χ0) is 17.4. The van der Waals surface area contributed by atoms with Crippen LogP contribution in [0.5, 0.6) is 0 Å². The van der Waals surface area contributed by atoms with Gasteiger partial charge in [-0.1, -0.05) is 18.2 Å². The first-order chi connectivity index (χ1) is 12.1. The first-order valence-electron chi connectivity index (χ1n) is 8.63. The van der Waals surface area contributed by atoms with Crippen molar-refractivity contribution >= 4 is 10.9 Å². The smallest absolute Gasteiger partial charge is 0.224 e. The summed E-state index contributed by atoms with van der Waals surface area (Å²) in [5.74, 6) is 0.0195. The number of aryl methyl sites for hydroxylation is 1. The molecule has 0 N–H and O–H groups in total. The van der Waals surface area contributed by atoms with Crippen molar-refractivity contribution in [1.82, 2.24) is 0 Å². The van der Waals surface area contributed by atoms with E-state index in [9.17, 15) is 9.60 Å². The van der Waals surface area contributed by atoms with Gasteiger partial charge in [0.1, 0.15) is 5.82 Å². The van der Waals surface area contributed by atoms with Gasteiger partial charge in [0.25, 0.3) is 0 Å². The topological polar surface area (TPSA) is 36.2 Å². The van der Waals surface area contributed by atoms with Gasteiger partial charge in [0.15, 0.2) is 6.20 Å². The molecule has 0 radical (unpaired) electrons. The molecule has 4 rings (SSSR count). The molecule has 3 aromatic rings. The van der Waals surface area contributed by atoms with Gasteiger partial charge in [-0.2, -0.15) is 4.73 Å². The highest BCUT2D eigenvalue weighted by molar-refractivity contribution is 5.95. The molecule has 25 heavy (non-hydrogen) atoms. The maximum atomic E-state index is 13.4. The van der Waals surface area contributed by atoms with Crippen LogP contribution >= 0.6 is 0 Å². The number of hydrogen-bond acceptors (Lipinski definition) is 2. The molecule has 1 saturated heterocycles. The fraction of sp³-hybridized carbons (Fsp3) is 0.286. The normalized spacial score (nSPS) is 15.6. The number of fused-ring (bicyclic) bond motifs is 1. The van der Waals surface area contributed by atoms with Crippen molar-refractivity contribution in [2.75, 3.05) is 13.2 Å². The van der Waals surface area contributed by atoms with Gasteiger partial charge in [-0.25, -0.2) is 4.39 Å². The minimum Gasteiger partial charge on any atom is -0.618 e. The van der Waals surface area contributed by atoms with Crippen LogP contribution in [-0.4, -0.2) is 13.2 Å². The summed E-state index contributed by atoms with van der Waals surface area (Å²) >= 11 is 0. The third-order valence-corrected chi connectivity index (χ3v) is 5.00. The lowest BCUT2D eigenvalue weighted by atomic mass is 9.85. The molecule has 1 fully saturated rings. The molecule has 0 atom stereocenters. The van der Waals surface area contributed by atoms with E-state index in [4.69, 9.17) is 4.74 Å². The molecule has 0 bridgehead atoms. The molecular formula is C21H20FNO2. The highest BCUT2D eigenvalue weighted by Crippen LogP contribution is 2.38. The van der Waals surface area contributed by atoms with Gasteiger partial charge >= 0.3 is 0 Å². The summed E-state index contributed by atoms with van der Waals surface area (Å²) in [5, 5.41) is 13.6. The Morgan fingerprint density at radius 2 is 1.80 bits per heavy atom. The Morgan fingerprint density at radius 1 is 1.08 bits per heavy atom. The van der Waals surface area contributed by atoms with Crippen LogP contribution in [0, 0.1) is 17.9 Å². The second-order valence-electron chi connectivity index (χ2n) is 6.70. The molecule has 0 saturated carbocycles. The lowest BCUT2D eigenvalue weighted by Gasteiger charge is -2.25. The van der Waals surface area contributed by atoms with E-state index in [0.717, 1.165) is 45.2 Å². The maximum absolute atomic E-state index is 13.4. The summed E-state index contributed by atoms with van der Waals surface area (Å²) in [7, 11) is 0. The third kappa shape index (κ3) is 2.98. The minimum absolute atomic E-state index is 0.258. The highest BCUT2D eigenvalue weighted by atomic mass is 19.1. The zero-order valence-corrected chi connectivity index (χ0v) is 14.2. The summed E-state index contributed by atoms with van der Waals surface area (Å²) in [5.41, 5.74) is 4.70. The Morgan fingerprint density at radius 3 is 2.52 bits per heavy atom. The second-order valence-corrected chi connectivity index (χ2v) is 6.70. The molecule has 0 spiro atoms. The minimum atomic E-state index is -0.258. The average molecular weight is 337 g/mol. The lowest BCUT2D eigenvalue weighted by Crippen LogP contribution is -2.29. The molecule has 0 aliphatic carbocycles. The van der Waals surface area contributed by atoms with E-state index in [1.807, 2.05) is 25.1 Å². The van der Waals surface area contributed by atoms with Crippen LogP contribution in [0.1, 0.15) is 29.9 Å². The summed E-state index contributed by atoms with van der Waals surface area (Å²) < 4.78 is 19.9. The first kappa shape index (κ1) is 16.0. The lowest BCUT2D eigenvalue weighted by molar-refractivity contribution is -0.577. The van der Waals surface area contributed by atoms with E-state index in [2.05, 4.69) is 0 Å². The van der Waals surface area contributed by atoms with Gasteiger partial charge in [-0.05, 0) is 55.0 Å². The highest BCUT2D eigenvalue weighted by Gasteiger charge is 2.25. The van der Waals surface area contributed by atoms with Gasteiger partial charge in [0.05, 0.1) is 5.39 Å². The van der Waals surface area contributed by atoms with Gasteiger partial charge in [0.2, 0.25) is 5.52 Å². The first-order valence-corrected chi connectivity index (χ1v) is 8.63. The van der Waals surface area contributed by atoms with E-state index < -0.39 is 0 Å². The van der Waals surface area contributed by atoms with Crippen molar-refractivity contribution in [1.29, 1.82) is 0 Å². The Labute approximate surface area is 146 Å². The quantitative estimate of drug-likeness (QED) is 0.510. The molecule has 3 nitrogen and oxygen atoms in total.